The maximum absolute atomic E-state index is 11.1. The van der Waals surface area contributed by atoms with Crippen molar-refractivity contribution in [3.8, 4) is 0 Å². The van der Waals surface area contributed by atoms with Crippen LogP contribution in [0.4, 0.5) is 0 Å². The quantitative estimate of drug-likeness (QED) is 0.0859. The molecular formula is C25H45NO15. The molecule has 41 heavy (non-hydrogen) atoms. The standard InChI is InChI=1S/C11H20O7.C7H9NO4.C7H16O4/c1-3-8(6-12)18-11(16-2)7-17-10(15)5-4-9(13)14;1-12-7(11)4-8-5(9)2-3-6(8)10;1-3-6(4-8)11-7(5-9)10-2/h8,11-12H,3-7H2,1-2H3,(H,13,14);2-4H2,1H3;6-9H,3-5H2,1-2H3. The van der Waals surface area contributed by atoms with Gasteiger partial charge in [0.15, 0.2) is 12.6 Å². The van der Waals surface area contributed by atoms with Crippen LogP contribution in [0.1, 0.15) is 52.4 Å². The van der Waals surface area contributed by atoms with Crippen LogP contribution in [0.3, 0.4) is 0 Å². The van der Waals surface area contributed by atoms with E-state index in [2.05, 4.69) is 4.74 Å². The van der Waals surface area contributed by atoms with Gasteiger partial charge in [0, 0.05) is 27.1 Å². The number of carboxylic acids is 1. The van der Waals surface area contributed by atoms with Gasteiger partial charge in [-0.3, -0.25) is 28.9 Å². The van der Waals surface area contributed by atoms with Gasteiger partial charge in [0.2, 0.25) is 11.8 Å². The summed E-state index contributed by atoms with van der Waals surface area (Å²) in [5.41, 5.74) is 0. The zero-order valence-corrected chi connectivity index (χ0v) is 24.3. The summed E-state index contributed by atoms with van der Waals surface area (Å²) in [5.74, 6) is -2.85. The summed E-state index contributed by atoms with van der Waals surface area (Å²) in [7, 11) is 4.05. The van der Waals surface area contributed by atoms with E-state index in [1.54, 1.807) is 0 Å². The van der Waals surface area contributed by atoms with Crippen molar-refractivity contribution in [2.75, 3.05) is 54.3 Å². The second kappa shape index (κ2) is 25.0. The van der Waals surface area contributed by atoms with Crippen molar-refractivity contribution in [2.45, 2.75) is 77.2 Å². The van der Waals surface area contributed by atoms with E-state index in [1.807, 2.05) is 13.8 Å². The highest BCUT2D eigenvalue weighted by Crippen LogP contribution is 2.11. The van der Waals surface area contributed by atoms with E-state index in [-0.39, 0.29) is 82.7 Å². The average Bonchev–Trinajstić information content (AvgIpc) is 3.29. The summed E-state index contributed by atoms with van der Waals surface area (Å²) in [4.78, 5) is 54.9. The van der Waals surface area contributed by atoms with E-state index in [4.69, 9.17) is 44.1 Å². The van der Waals surface area contributed by atoms with Crippen LogP contribution in [-0.4, -0.2) is 134 Å². The highest BCUT2D eigenvalue weighted by Gasteiger charge is 2.30. The molecule has 4 N–H and O–H groups in total. The minimum Gasteiger partial charge on any atom is -0.481 e. The van der Waals surface area contributed by atoms with E-state index in [9.17, 15) is 24.0 Å². The highest BCUT2D eigenvalue weighted by molar-refractivity contribution is 6.04. The third-order valence-corrected chi connectivity index (χ3v) is 5.27. The van der Waals surface area contributed by atoms with Gasteiger partial charge in [-0.2, -0.15) is 0 Å². The molecule has 0 aliphatic carbocycles. The van der Waals surface area contributed by atoms with Gasteiger partial charge in [0.1, 0.15) is 13.2 Å². The molecule has 0 aromatic heterocycles. The Labute approximate surface area is 239 Å². The number of carbonyl (C=O) groups excluding carboxylic acids is 4. The molecular weight excluding hydrogens is 554 g/mol. The second-order valence-electron chi connectivity index (χ2n) is 8.24. The maximum atomic E-state index is 11.1. The average molecular weight is 600 g/mol. The lowest BCUT2D eigenvalue weighted by atomic mass is 10.3. The smallest absolute Gasteiger partial charge is 0.325 e. The first-order valence-electron chi connectivity index (χ1n) is 12.9. The number of hydrogen-bond donors (Lipinski definition) is 4. The number of hydrogen-bond acceptors (Lipinski definition) is 14. The summed E-state index contributed by atoms with van der Waals surface area (Å²) in [5, 5.41) is 34.7. The number of carboxylic acid groups (broad SMARTS) is 1. The number of aliphatic hydroxyl groups is 3. The van der Waals surface area contributed by atoms with Crippen LogP contribution in [-0.2, 0) is 52.4 Å². The van der Waals surface area contributed by atoms with Crippen molar-refractivity contribution in [1.29, 1.82) is 0 Å². The maximum Gasteiger partial charge on any atom is 0.325 e. The Balaban J connectivity index is 0. The van der Waals surface area contributed by atoms with Gasteiger partial charge < -0.3 is 48.8 Å². The largest absolute Gasteiger partial charge is 0.481 e. The fraction of sp³-hybridized carbons (Fsp3) is 0.800. The summed E-state index contributed by atoms with van der Waals surface area (Å²) in [6.07, 6.45) is -0.761. The van der Waals surface area contributed by atoms with Crippen molar-refractivity contribution in [1.82, 2.24) is 4.90 Å². The molecule has 0 radical (unpaired) electrons. The number of ether oxygens (including phenoxy) is 6. The number of methoxy groups -OCH3 is 3. The number of aliphatic carboxylic acids is 1. The fourth-order valence-corrected chi connectivity index (χ4v) is 2.74. The van der Waals surface area contributed by atoms with Gasteiger partial charge in [-0.05, 0) is 12.8 Å². The number of imide groups is 1. The summed E-state index contributed by atoms with van der Waals surface area (Å²) >= 11 is 0. The zero-order chi connectivity index (χ0) is 31.8. The number of esters is 2. The number of likely N-dealkylation sites (tertiary alicyclic amines) is 1. The van der Waals surface area contributed by atoms with Gasteiger partial charge in [-0.15, -0.1) is 0 Å². The number of nitrogens with zero attached hydrogens (tertiary/aromatic N) is 1. The lowest BCUT2D eigenvalue weighted by Crippen LogP contribution is -2.34. The third-order valence-electron chi connectivity index (χ3n) is 5.27. The van der Waals surface area contributed by atoms with Crippen molar-refractivity contribution in [3.05, 3.63) is 0 Å². The fourth-order valence-electron chi connectivity index (χ4n) is 2.74. The number of carbonyl (C=O) groups is 5. The molecule has 0 saturated carbocycles. The lowest BCUT2D eigenvalue weighted by molar-refractivity contribution is -0.195. The van der Waals surface area contributed by atoms with E-state index in [0.29, 0.717) is 12.8 Å². The second-order valence-corrected chi connectivity index (χ2v) is 8.24. The topological polar surface area (TPSA) is 225 Å². The van der Waals surface area contributed by atoms with Gasteiger partial charge in [0.25, 0.3) is 0 Å². The van der Waals surface area contributed by atoms with Gasteiger partial charge in [0.05, 0.1) is 52.0 Å². The van der Waals surface area contributed by atoms with Crippen LogP contribution in [0.2, 0.25) is 0 Å². The van der Waals surface area contributed by atoms with Crippen LogP contribution >= 0.6 is 0 Å². The molecule has 1 fully saturated rings. The zero-order valence-electron chi connectivity index (χ0n) is 24.3. The Hall–Kier alpha value is -2.73. The summed E-state index contributed by atoms with van der Waals surface area (Å²) in [6, 6.07) is 0. The molecule has 16 heteroatoms. The lowest BCUT2D eigenvalue weighted by Gasteiger charge is -2.21. The minimum absolute atomic E-state index is 0.0453. The van der Waals surface area contributed by atoms with Gasteiger partial charge >= 0.3 is 17.9 Å². The molecule has 0 spiro atoms. The molecule has 1 rings (SSSR count). The summed E-state index contributed by atoms with van der Waals surface area (Å²) < 4.78 is 29.2. The van der Waals surface area contributed by atoms with E-state index in [1.165, 1.54) is 21.3 Å². The molecule has 0 aromatic rings. The number of amides is 2. The molecule has 0 aromatic carbocycles. The van der Waals surface area contributed by atoms with E-state index >= 15 is 0 Å². The SMILES string of the molecule is CCC(CO)OC(CO)OC.CCC(CO)OC(COC(=O)CCC(=O)O)OC.COC(=O)CN1C(=O)CCC1=O. The van der Waals surface area contributed by atoms with Gasteiger partial charge in [-0.25, -0.2) is 0 Å². The molecule has 4 atom stereocenters. The van der Waals surface area contributed by atoms with E-state index in [0.717, 1.165) is 4.90 Å². The molecule has 240 valence electrons. The van der Waals surface area contributed by atoms with Crippen molar-refractivity contribution >= 4 is 29.7 Å². The molecule has 1 heterocycles. The van der Waals surface area contributed by atoms with Crippen LogP contribution in [0.25, 0.3) is 0 Å². The number of rotatable bonds is 18. The molecule has 0 bridgehead atoms. The van der Waals surface area contributed by atoms with Crippen LogP contribution in [0, 0.1) is 0 Å². The molecule has 16 nitrogen and oxygen atoms in total. The molecule has 4 unspecified atom stereocenters. The first-order chi connectivity index (χ1) is 19.5. The molecule has 1 aliphatic heterocycles. The predicted molar refractivity (Wildman–Crippen MR) is 139 cm³/mol. The first kappa shape index (κ1) is 40.4. The Morgan fingerprint density at radius 1 is 0.780 bits per heavy atom. The van der Waals surface area contributed by atoms with Crippen molar-refractivity contribution < 1.29 is 72.8 Å². The third kappa shape index (κ3) is 19.9. The Bertz CT molecular complexity index is 725. The van der Waals surface area contributed by atoms with Crippen molar-refractivity contribution in [2.24, 2.45) is 0 Å². The number of aliphatic hydroxyl groups excluding tert-OH is 3. The Kier molecular flexibility index (Phi) is 24.7. The van der Waals surface area contributed by atoms with Crippen molar-refractivity contribution in [3.63, 3.8) is 0 Å². The van der Waals surface area contributed by atoms with E-state index < -0.39 is 30.5 Å². The summed E-state index contributed by atoms with van der Waals surface area (Å²) in [6.45, 7) is 2.96. The van der Waals surface area contributed by atoms with Crippen LogP contribution in [0.5, 0.6) is 0 Å². The monoisotopic (exact) mass is 599 g/mol. The Morgan fingerprint density at radius 2 is 1.27 bits per heavy atom. The molecule has 1 saturated heterocycles. The Morgan fingerprint density at radius 3 is 1.63 bits per heavy atom. The van der Waals surface area contributed by atoms with Gasteiger partial charge in [-0.1, -0.05) is 13.8 Å². The molecule has 2 amide bonds. The minimum atomic E-state index is -1.06. The van der Waals surface area contributed by atoms with Crippen LogP contribution < -0.4 is 0 Å². The predicted octanol–water partition coefficient (Wildman–Crippen LogP) is -0.798. The first-order valence-corrected chi connectivity index (χ1v) is 12.9. The molecule has 1 aliphatic rings. The highest BCUT2D eigenvalue weighted by atomic mass is 16.7. The van der Waals surface area contributed by atoms with Crippen LogP contribution in [0.15, 0.2) is 0 Å². The normalized spacial score (nSPS) is 15.5.